The standard InChI is InChI=1S/C19H24N2O4/c1-13-7-8-20-17(9-13)21(18(22)25-19(2,3)4)14-10-15(23-5)12-16(11-14)24-6/h7-12H,1-6H3. The number of hydrogen-bond acceptors (Lipinski definition) is 5. The Labute approximate surface area is 148 Å². The number of rotatable bonds is 4. The van der Waals surface area contributed by atoms with E-state index in [4.69, 9.17) is 14.2 Å². The van der Waals surface area contributed by atoms with E-state index in [9.17, 15) is 4.79 Å². The molecule has 2 rings (SSSR count). The molecule has 0 radical (unpaired) electrons. The van der Waals surface area contributed by atoms with Crippen molar-refractivity contribution in [3.63, 3.8) is 0 Å². The molecule has 1 aromatic carbocycles. The van der Waals surface area contributed by atoms with Gasteiger partial charge >= 0.3 is 6.09 Å². The van der Waals surface area contributed by atoms with E-state index in [1.807, 2.05) is 39.8 Å². The van der Waals surface area contributed by atoms with Gasteiger partial charge in [0, 0.05) is 24.4 Å². The molecule has 1 aromatic heterocycles. The summed E-state index contributed by atoms with van der Waals surface area (Å²) in [4.78, 5) is 18.6. The lowest BCUT2D eigenvalue weighted by Crippen LogP contribution is -2.34. The Hall–Kier alpha value is -2.76. The van der Waals surface area contributed by atoms with Gasteiger partial charge in [-0.2, -0.15) is 0 Å². The number of methoxy groups -OCH3 is 2. The first-order valence-corrected chi connectivity index (χ1v) is 7.92. The van der Waals surface area contributed by atoms with Crippen molar-refractivity contribution in [2.24, 2.45) is 0 Å². The zero-order valence-corrected chi connectivity index (χ0v) is 15.5. The summed E-state index contributed by atoms with van der Waals surface area (Å²) in [6.07, 6.45) is 1.13. The molecule has 1 amide bonds. The van der Waals surface area contributed by atoms with Gasteiger partial charge in [-0.1, -0.05) is 0 Å². The van der Waals surface area contributed by atoms with E-state index in [1.54, 1.807) is 38.6 Å². The van der Waals surface area contributed by atoms with Crippen LogP contribution < -0.4 is 14.4 Å². The number of carbonyl (C=O) groups is 1. The molecule has 2 aromatic rings. The van der Waals surface area contributed by atoms with Crippen molar-refractivity contribution in [2.75, 3.05) is 19.1 Å². The lowest BCUT2D eigenvalue weighted by molar-refractivity contribution is 0.0598. The van der Waals surface area contributed by atoms with Crippen LogP contribution in [0.3, 0.4) is 0 Å². The fourth-order valence-corrected chi connectivity index (χ4v) is 2.20. The second-order valence-corrected chi connectivity index (χ2v) is 6.58. The van der Waals surface area contributed by atoms with Crippen molar-refractivity contribution in [1.29, 1.82) is 0 Å². The highest BCUT2D eigenvalue weighted by molar-refractivity contribution is 5.95. The second-order valence-electron chi connectivity index (χ2n) is 6.58. The Morgan fingerprint density at radius 3 is 2.12 bits per heavy atom. The van der Waals surface area contributed by atoms with Crippen molar-refractivity contribution < 1.29 is 19.0 Å². The summed E-state index contributed by atoms with van der Waals surface area (Å²) >= 11 is 0. The third-order valence-corrected chi connectivity index (χ3v) is 3.30. The molecule has 0 aliphatic carbocycles. The smallest absolute Gasteiger partial charge is 0.420 e. The zero-order valence-electron chi connectivity index (χ0n) is 15.5. The van der Waals surface area contributed by atoms with Crippen LogP contribution >= 0.6 is 0 Å². The van der Waals surface area contributed by atoms with Crippen LogP contribution in [0.5, 0.6) is 11.5 Å². The molecule has 0 spiro atoms. The first kappa shape index (κ1) is 18.6. The first-order chi connectivity index (χ1) is 11.7. The van der Waals surface area contributed by atoms with E-state index in [1.165, 1.54) is 4.90 Å². The lowest BCUT2D eigenvalue weighted by atomic mass is 10.2. The van der Waals surface area contributed by atoms with E-state index in [0.29, 0.717) is 23.0 Å². The topological polar surface area (TPSA) is 60.9 Å². The minimum atomic E-state index is -0.637. The maximum absolute atomic E-state index is 12.9. The Morgan fingerprint density at radius 2 is 1.64 bits per heavy atom. The van der Waals surface area contributed by atoms with Gasteiger partial charge in [-0.15, -0.1) is 0 Å². The van der Waals surface area contributed by atoms with Gasteiger partial charge in [0.05, 0.1) is 19.9 Å². The minimum absolute atomic E-state index is 0.463. The molecular weight excluding hydrogens is 320 g/mol. The van der Waals surface area contributed by atoms with E-state index in [-0.39, 0.29) is 0 Å². The first-order valence-electron chi connectivity index (χ1n) is 7.92. The SMILES string of the molecule is COc1cc(OC)cc(N(C(=O)OC(C)(C)C)c2cc(C)ccn2)c1. The van der Waals surface area contributed by atoms with Crippen LogP contribution in [-0.2, 0) is 4.74 Å². The van der Waals surface area contributed by atoms with Gasteiger partial charge in [0.2, 0.25) is 0 Å². The van der Waals surface area contributed by atoms with Crippen LogP contribution in [0.2, 0.25) is 0 Å². The van der Waals surface area contributed by atoms with Crippen molar-refractivity contribution in [3.8, 4) is 11.5 Å². The van der Waals surface area contributed by atoms with Gasteiger partial charge in [0.15, 0.2) is 0 Å². The second kappa shape index (κ2) is 7.42. The van der Waals surface area contributed by atoms with Crippen molar-refractivity contribution in [2.45, 2.75) is 33.3 Å². The fraction of sp³-hybridized carbons (Fsp3) is 0.368. The number of pyridine rings is 1. The largest absolute Gasteiger partial charge is 0.497 e. The number of amides is 1. The van der Waals surface area contributed by atoms with Gasteiger partial charge in [-0.3, -0.25) is 0 Å². The molecule has 6 nitrogen and oxygen atoms in total. The summed E-state index contributed by atoms with van der Waals surface area (Å²) in [5.74, 6) is 1.59. The Balaban J connectivity index is 2.57. The molecule has 0 aliphatic rings. The van der Waals surface area contributed by atoms with Crippen LogP contribution in [0.1, 0.15) is 26.3 Å². The highest BCUT2D eigenvalue weighted by Crippen LogP contribution is 2.33. The van der Waals surface area contributed by atoms with Crippen molar-refractivity contribution in [1.82, 2.24) is 4.98 Å². The molecule has 0 saturated heterocycles. The number of aromatic nitrogens is 1. The summed E-state index contributed by atoms with van der Waals surface area (Å²) in [6, 6.07) is 8.88. The minimum Gasteiger partial charge on any atom is -0.497 e. The lowest BCUT2D eigenvalue weighted by Gasteiger charge is -2.27. The molecule has 6 heteroatoms. The molecular formula is C19H24N2O4. The molecule has 0 bridgehead atoms. The molecule has 0 fully saturated rings. The average molecular weight is 344 g/mol. The normalized spacial score (nSPS) is 11.0. The van der Waals surface area contributed by atoms with Crippen LogP contribution in [0.4, 0.5) is 16.3 Å². The molecule has 0 unspecified atom stereocenters. The Kier molecular flexibility index (Phi) is 5.51. The number of carbonyl (C=O) groups excluding carboxylic acids is 1. The third kappa shape index (κ3) is 4.86. The molecule has 0 N–H and O–H groups in total. The summed E-state index contributed by atoms with van der Waals surface area (Å²) in [6.45, 7) is 7.39. The zero-order chi connectivity index (χ0) is 18.6. The number of ether oxygens (including phenoxy) is 3. The quantitative estimate of drug-likeness (QED) is 0.818. The number of benzene rings is 1. The maximum Gasteiger partial charge on any atom is 0.420 e. The molecule has 0 aliphatic heterocycles. The van der Waals surface area contributed by atoms with E-state index >= 15 is 0 Å². The van der Waals surface area contributed by atoms with Gasteiger partial charge in [-0.05, 0) is 45.4 Å². The Bertz CT molecular complexity index is 731. The molecule has 0 saturated carbocycles. The summed E-state index contributed by atoms with van der Waals surface area (Å²) < 4.78 is 16.2. The maximum atomic E-state index is 12.9. The fourth-order valence-electron chi connectivity index (χ4n) is 2.20. The third-order valence-electron chi connectivity index (χ3n) is 3.30. The van der Waals surface area contributed by atoms with Crippen molar-refractivity contribution >= 4 is 17.6 Å². The molecule has 1 heterocycles. The molecule has 25 heavy (non-hydrogen) atoms. The van der Waals surface area contributed by atoms with Crippen LogP contribution in [0.25, 0.3) is 0 Å². The van der Waals surface area contributed by atoms with Crippen LogP contribution in [-0.4, -0.2) is 30.9 Å². The number of aryl methyl sites for hydroxylation is 1. The summed E-state index contributed by atoms with van der Waals surface area (Å²) in [7, 11) is 3.11. The molecule has 134 valence electrons. The van der Waals surface area contributed by atoms with Gasteiger partial charge in [0.25, 0.3) is 0 Å². The molecule has 0 atom stereocenters. The van der Waals surface area contributed by atoms with E-state index < -0.39 is 11.7 Å². The van der Waals surface area contributed by atoms with Gasteiger partial charge < -0.3 is 14.2 Å². The Morgan fingerprint density at radius 1 is 1.04 bits per heavy atom. The number of nitrogens with zero attached hydrogens (tertiary/aromatic N) is 2. The highest BCUT2D eigenvalue weighted by Gasteiger charge is 2.26. The van der Waals surface area contributed by atoms with Crippen LogP contribution in [0.15, 0.2) is 36.5 Å². The predicted molar refractivity (Wildman–Crippen MR) is 96.9 cm³/mol. The predicted octanol–water partition coefficient (Wildman–Crippen LogP) is 4.48. The number of hydrogen-bond donors (Lipinski definition) is 0. The highest BCUT2D eigenvalue weighted by atomic mass is 16.6. The average Bonchev–Trinajstić information content (AvgIpc) is 2.53. The van der Waals surface area contributed by atoms with Crippen LogP contribution in [0, 0.1) is 6.92 Å². The van der Waals surface area contributed by atoms with E-state index in [2.05, 4.69) is 4.98 Å². The van der Waals surface area contributed by atoms with E-state index in [0.717, 1.165) is 5.56 Å². The van der Waals surface area contributed by atoms with Crippen molar-refractivity contribution in [3.05, 3.63) is 42.1 Å². The summed E-state index contributed by atoms with van der Waals surface area (Å²) in [5, 5.41) is 0. The van der Waals surface area contributed by atoms with Gasteiger partial charge in [0.1, 0.15) is 22.9 Å². The van der Waals surface area contributed by atoms with Gasteiger partial charge in [-0.25, -0.2) is 14.7 Å². The summed E-state index contributed by atoms with van der Waals surface area (Å²) in [5.41, 5.74) is 0.888. The monoisotopic (exact) mass is 344 g/mol. The number of anilines is 2.